The maximum Gasteiger partial charge on any atom is 0.303 e. The third kappa shape index (κ3) is 7.37. The Morgan fingerprint density at radius 1 is 1.27 bits per heavy atom. The van der Waals surface area contributed by atoms with Crippen molar-refractivity contribution in [2.75, 3.05) is 13.1 Å². The number of hydrogen-bond acceptors (Lipinski definition) is 2. The molecular formula is C12H25NO2. The molecule has 0 rings (SSSR count). The number of aliphatic carboxylic acids is 1. The maximum atomic E-state index is 10.3. The molecular weight excluding hydrogens is 190 g/mol. The molecule has 0 aromatic carbocycles. The fourth-order valence-corrected chi connectivity index (χ4v) is 1.72. The molecule has 0 aromatic heterocycles. The molecule has 3 heteroatoms. The summed E-state index contributed by atoms with van der Waals surface area (Å²) in [5.41, 5.74) is 0. The SMILES string of the molecule is CCC(C)N(CC)CCCCCC(=O)O. The van der Waals surface area contributed by atoms with E-state index in [4.69, 9.17) is 5.11 Å². The van der Waals surface area contributed by atoms with E-state index in [1.165, 1.54) is 6.42 Å². The van der Waals surface area contributed by atoms with Crippen LogP contribution in [0.2, 0.25) is 0 Å². The minimum Gasteiger partial charge on any atom is -0.481 e. The topological polar surface area (TPSA) is 40.5 Å². The first kappa shape index (κ1) is 14.4. The first-order chi connectivity index (χ1) is 7.11. The minimum atomic E-state index is -0.677. The normalized spacial score (nSPS) is 13.1. The summed E-state index contributed by atoms with van der Waals surface area (Å²) in [4.78, 5) is 12.8. The van der Waals surface area contributed by atoms with Crippen molar-refractivity contribution in [1.29, 1.82) is 0 Å². The van der Waals surface area contributed by atoms with Gasteiger partial charge >= 0.3 is 5.97 Å². The molecule has 0 spiro atoms. The van der Waals surface area contributed by atoms with Crippen molar-refractivity contribution in [2.45, 2.75) is 58.9 Å². The second-order valence-electron chi connectivity index (χ2n) is 4.09. The highest BCUT2D eigenvalue weighted by atomic mass is 16.4. The quantitative estimate of drug-likeness (QED) is 0.601. The lowest BCUT2D eigenvalue weighted by molar-refractivity contribution is -0.137. The fourth-order valence-electron chi connectivity index (χ4n) is 1.72. The van der Waals surface area contributed by atoms with E-state index in [0.717, 1.165) is 32.4 Å². The predicted molar refractivity (Wildman–Crippen MR) is 63.1 cm³/mol. The molecule has 0 radical (unpaired) electrons. The summed E-state index contributed by atoms with van der Waals surface area (Å²) in [6.07, 6.45) is 4.45. The zero-order valence-corrected chi connectivity index (χ0v) is 10.3. The number of carbonyl (C=O) groups is 1. The van der Waals surface area contributed by atoms with Crippen molar-refractivity contribution in [1.82, 2.24) is 4.90 Å². The van der Waals surface area contributed by atoms with Crippen LogP contribution in [0.4, 0.5) is 0 Å². The average molecular weight is 215 g/mol. The molecule has 0 aliphatic carbocycles. The molecule has 1 N–H and O–H groups in total. The van der Waals surface area contributed by atoms with Gasteiger partial charge < -0.3 is 10.0 Å². The van der Waals surface area contributed by atoms with Crippen molar-refractivity contribution < 1.29 is 9.90 Å². The molecule has 0 aliphatic heterocycles. The molecule has 3 nitrogen and oxygen atoms in total. The Morgan fingerprint density at radius 2 is 1.93 bits per heavy atom. The number of unbranched alkanes of at least 4 members (excludes halogenated alkanes) is 2. The van der Waals surface area contributed by atoms with Crippen LogP contribution in [0.25, 0.3) is 0 Å². The molecule has 90 valence electrons. The van der Waals surface area contributed by atoms with Crippen LogP contribution in [0.15, 0.2) is 0 Å². The Balaban J connectivity index is 3.50. The number of hydrogen-bond donors (Lipinski definition) is 1. The molecule has 0 saturated carbocycles. The van der Waals surface area contributed by atoms with E-state index in [0.29, 0.717) is 12.5 Å². The Morgan fingerprint density at radius 3 is 2.40 bits per heavy atom. The van der Waals surface area contributed by atoms with Crippen LogP contribution in [0.1, 0.15) is 52.9 Å². The van der Waals surface area contributed by atoms with Gasteiger partial charge in [0.2, 0.25) is 0 Å². The zero-order chi connectivity index (χ0) is 11.7. The van der Waals surface area contributed by atoms with Crippen molar-refractivity contribution in [3.8, 4) is 0 Å². The Labute approximate surface area is 93.5 Å². The monoisotopic (exact) mass is 215 g/mol. The zero-order valence-electron chi connectivity index (χ0n) is 10.3. The lowest BCUT2D eigenvalue weighted by atomic mass is 10.1. The second-order valence-corrected chi connectivity index (χ2v) is 4.09. The van der Waals surface area contributed by atoms with Crippen LogP contribution >= 0.6 is 0 Å². The van der Waals surface area contributed by atoms with E-state index < -0.39 is 5.97 Å². The number of carboxylic acids is 1. The van der Waals surface area contributed by atoms with E-state index in [2.05, 4.69) is 25.7 Å². The van der Waals surface area contributed by atoms with Gasteiger partial charge in [0.1, 0.15) is 0 Å². The van der Waals surface area contributed by atoms with Crippen molar-refractivity contribution in [3.05, 3.63) is 0 Å². The van der Waals surface area contributed by atoms with E-state index in [9.17, 15) is 4.79 Å². The van der Waals surface area contributed by atoms with Gasteiger partial charge in [-0.25, -0.2) is 0 Å². The first-order valence-corrected chi connectivity index (χ1v) is 6.07. The molecule has 0 heterocycles. The molecule has 0 bridgehead atoms. The molecule has 0 amide bonds. The van der Waals surface area contributed by atoms with Crippen molar-refractivity contribution in [3.63, 3.8) is 0 Å². The van der Waals surface area contributed by atoms with Gasteiger partial charge in [0, 0.05) is 12.5 Å². The van der Waals surface area contributed by atoms with Gasteiger partial charge in [0.25, 0.3) is 0 Å². The number of nitrogens with zero attached hydrogens (tertiary/aromatic N) is 1. The summed E-state index contributed by atoms with van der Waals surface area (Å²) in [6.45, 7) is 8.83. The lowest BCUT2D eigenvalue weighted by Gasteiger charge is -2.26. The van der Waals surface area contributed by atoms with Crippen LogP contribution in [0, 0.1) is 0 Å². The van der Waals surface area contributed by atoms with Crippen LogP contribution in [0.3, 0.4) is 0 Å². The van der Waals surface area contributed by atoms with Crippen LogP contribution in [-0.2, 0) is 4.79 Å². The van der Waals surface area contributed by atoms with E-state index >= 15 is 0 Å². The van der Waals surface area contributed by atoms with Gasteiger partial charge in [0.15, 0.2) is 0 Å². The van der Waals surface area contributed by atoms with Crippen LogP contribution in [0.5, 0.6) is 0 Å². The summed E-state index contributed by atoms with van der Waals surface area (Å²) in [7, 11) is 0. The standard InChI is InChI=1S/C12H25NO2/c1-4-11(3)13(5-2)10-8-6-7-9-12(14)15/h11H,4-10H2,1-3H3,(H,14,15). The molecule has 0 aliphatic rings. The van der Waals surface area contributed by atoms with Gasteiger partial charge in [0.05, 0.1) is 0 Å². The minimum absolute atomic E-state index is 0.315. The predicted octanol–water partition coefficient (Wildman–Crippen LogP) is 2.75. The molecule has 0 saturated heterocycles. The molecule has 0 aromatic rings. The van der Waals surface area contributed by atoms with Gasteiger partial charge in [-0.15, -0.1) is 0 Å². The van der Waals surface area contributed by atoms with Gasteiger partial charge in [-0.2, -0.15) is 0 Å². The Bertz CT molecular complexity index is 171. The van der Waals surface area contributed by atoms with Crippen LogP contribution < -0.4 is 0 Å². The van der Waals surface area contributed by atoms with E-state index in [-0.39, 0.29) is 0 Å². The highest BCUT2D eigenvalue weighted by molar-refractivity contribution is 5.66. The first-order valence-electron chi connectivity index (χ1n) is 6.07. The highest BCUT2D eigenvalue weighted by Gasteiger charge is 2.08. The van der Waals surface area contributed by atoms with E-state index in [1.54, 1.807) is 0 Å². The third-order valence-electron chi connectivity index (χ3n) is 2.96. The molecule has 1 unspecified atom stereocenters. The molecule has 1 atom stereocenters. The van der Waals surface area contributed by atoms with Gasteiger partial charge in [-0.05, 0) is 39.3 Å². The highest BCUT2D eigenvalue weighted by Crippen LogP contribution is 2.07. The summed E-state index contributed by atoms with van der Waals surface area (Å²) >= 11 is 0. The summed E-state index contributed by atoms with van der Waals surface area (Å²) < 4.78 is 0. The molecule has 0 fully saturated rings. The average Bonchev–Trinajstić information content (AvgIpc) is 2.22. The van der Waals surface area contributed by atoms with Gasteiger partial charge in [-0.3, -0.25) is 4.79 Å². The smallest absolute Gasteiger partial charge is 0.303 e. The number of rotatable bonds is 9. The summed E-state index contributed by atoms with van der Waals surface area (Å²) in [6, 6.07) is 0.648. The van der Waals surface area contributed by atoms with Crippen molar-refractivity contribution in [2.24, 2.45) is 0 Å². The maximum absolute atomic E-state index is 10.3. The fraction of sp³-hybridized carbons (Fsp3) is 0.917. The third-order valence-corrected chi connectivity index (χ3v) is 2.96. The number of carboxylic acid groups (broad SMARTS) is 1. The largest absolute Gasteiger partial charge is 0.481 e. The van der Waals surface area contributed by atoms with Crippen LogP contribution in [-0.4, -0.2) is 35.1 Å². The Kier molecular flexibility index (Phi) is 8.38. The van der Waals surface area contributed by atoms with Gasteiger partial charge in [-0.1, -0.05) is 20.3 Å². The van der Waals surface area contributed by atoms with Crippen molar-refractivity contribution >= 4 is 5.97 Å². The molecule has 15 heavy (non-hydrogen) atoms. The summed E-state index contributed by atoms with van der Waals surface area (Å²) in [5, 5.41) is 8.48. The lowest BCUT2D eigenvalue weighted by Crippen LogP contribution is -2.33. The van der Waals surface area contributed by atoms with E-state index in [1.807, 2.05) is 0 Å². The second kappa shape index (κ2) is 8.72. The Hall–Kier alpha value is -0.570. The summed E-state index contributed by atoms with van der Waals surface area (Å²) in [5.74, 6) is -0.677.